The van der Waals surface area contributed by atoms with Crippen molar-refractivity contribution in [3.8, 4) is 0 Å². The molecule has 4 nitrogen and oxygen atoms in total. The Morgan fingerprint density at radius 1 is 1.39 bits per heavy atom. The highest BCUT2D eigenvalue weighted by molar-refractivity contribution is 5.80. The maximum Gasteiger partial charge on any atom is 0.191 e. The first kappa shape index (κ1) is 15.0. The van der Waals surface area contributed by atoms with Crippen LogP contribution < -0.4 is 10.6 Å². The van der Waals surface area contributed by atoms with Crippen LogP contribution >= 0.6 is 0 Å². The van der Waals surface area contributed by atoms with Crippen LogP contribution in [0.3, 0.4) is 0 Å². The summed E-state index contributed by atoms with van der Waals surface area (Å²) in [5.41, 5.74) is 0. The molecule has 1 aliphatic carbocycles. The number of guanidine groups is 1. The first-order valence-corrected chi connectivity index (χ1v) is 7.00. The summed E-state index contributed by atoms with van der Waals surface area (Å²) < 4.78 is 5.52. The van der Waals surface area contributed by atoms with Gasteiger partial charge in [0.25, 0.3) is 0 Å². The van der Waals surface area contributed by atoms with Crippen molar-refractivity contribution in [2.24, 2.45) is 10.9 Å². The predicted octanol–water partition coefficient (Wildman–Crippen LogP) is 1.93. The molecule has 0 heterocycles. The summed E-state index contributed by atoms with van der Waals surface area (Å²) >= 11 is 0. The number of nitrogens with one attached hydrogen (secondary N) is 2. The van der Waals surface area contributed by atoms with Gasteiger partial charge in [-0.15, -0.1) is 0 Å². The summed E-state index contributed by atoms with van der Waals surface area (Å²) in [6.07, 6.45) is 6.61. The van der Waals surface area contributed by atoms with Gasteiger partial charge in [0.2, 0.25) is 0 Å². The fourth-order valence-electron chi connectivity index (χ4n) is 1.79. The second kappa shape index (κ2) is 8.97. The van der Waals surface area contributed by atoms with Gasteiger partial charge in [0.05, 0.1) is 13.2 Å². The molecule has 104 valence electrons. The summed E-state index contributed by atoms with van der Waals surface area (Å²) in [7, 11) is 0. The molecular formula is C14H27N3O. The molecule has 1 aliphatic rings. The van der Waals surface area contributed by atoms with Gasteiger partial charge in [0.15, 0.2) is 5.96 Å². The van der Waals surface area contributed by atoms with Gasteiger partial charge in [0, 0.05) is 19.2 Å². The second-order valence-corrected chi connectivity index (χ2v) is 5.01. The molecule has 0 aliphatic heterocycles. The summed E-state index contributed by atoms with van der Waals surface area (Å²) in [5.74, 6) is 1.49. The minimum absolute atomic E-state index is 0.499. The van der Waals surface area contributed by atoms with Crippen LogP contribution in [-0.4, -0.2) is 38.3 Å². The van der Waals surface area contributed by atoms with Crippen molar-refractivity contribution in [2.75, 3.05) is 26.3 Å². The maximum atomic E-state index is 5.52. The zero-order valence-electron chi connectivity index (χ0n) is 11.9. The lowest BCUT2D eigenvalue weighted by Gasteiger charge is -2.16. The maximum absolute atomic E-state index is 5.52. The molecule has 4 heteroatoms. The molecule has 0 bridgehead atoms. The molecule has 0 saturated carbocycles. The molecule has 0 aromatic rings. The minimum atomic E-state index is 0.499. The van der Waals surface area contributed by atoms with Crippen LogP contribution in [0, 0.1) is 5.92 Å². The van der Waals surface area contributed by atoms with E-state index in [2.05, 4.69) is 48.5 Å². The van der Waals surface area contributed by atoms with Crippen molar-refractivity contribution in [3.05, 3.63) is 12.2 Å². The molecule has 0 atom stereocenters. The van der Waals surface area contributed by atoms with Crippen LogP contribution in [0.5, 0.6) is 0 Å². The third-order valence-corrected chi connectivity index (χ3v) is 2.65. The average Bonchev–Trinajstić information content (AvgIpc) is 2.81. The molecule has 0 aromatic carbocycles. The van der Waals surface area contributed by atoms with Crippen LogP contribution in [0.15, 0.2) is 17.1 Å². The van der Waals surface area contributed by atoms with Gasteiger partial charge in [-0.05, 0) is 25.7 Å². The Kier molecular flexibility index (Phi) is 7.49. The summed E-state index contributed by atoms with van der Waals surface area (Å²) in [4.78, 5) is 4.52. The average molecular weight is 253 g/mol. The number of hydrogen-bond acceptors (Lipinski definition) is 2. The van der Waals surface area contributed by atoms with Crippen LogP contribution in [0.4, 0.5) is 0 Å². The van der Waals surface area contributed by atoms with Crippen LogP contribution in [0.2, 0.25) is 0 Å². The standard InChI is InChI=1S/C14H27N3O/c1-4-15-14(17-13-7-5-6-8-13)16-9-10-18-11-12(2)3/h5-6,12-13H,4,7-11H2,1-3H3,(H2,15,16,17). The monoisotopic (exact) mass is 253 g/mol. The van der Waals surface area contributed by atoms with Gasteiger partial charge in [-0.2, -0.15) is 0 Å². The molecule has 1 rings (SSSR count). The van der Waals surface area contributed by atoms with Gasteiger partial charge in [-0.25, -0.2) is 0 Å². The summed E-state index contributed by atoms with van der Waals surface area (Å²) in [6, 6.07) is 0.499. The Morgan fingerprint density at radius 2 is 2.11 bits per heavy atom. The normalized spacial score (nSPS) is 16.6. The fraction of sp³-hybridized carbons (Fsp3) is 0.786. The fourth-order valence-corrected chi connectivity index (χ4v) is 1.79. The Morgan fingerprint density at radius 3 is 2.72 bits per heavy atom. The number of aliphatic imine (C=N–C) groups is 1. The Balaban J connectivity index is 2.22. The van der Waals surface area contributed by atoms with Crippen molar-refractivity contribution in [2.45, 2.75) is 39.7 Å². The molecular weight excluding hydrogens is 226 g/mol. The van der Waals surface area contributed by atoms with E-state index in [1.807, 2.05) is 0 Å². The zero-order chi connectivity index (χ0) is 13.2. The van der Waals surface area contributed by atoms with E-state index >= 15 is 0 Å². The lowest BCUT2D eigenvalue weighted by atomic mass is 10.2. The smallest absolute Gasteiger partial charge is 0.191 e. The zero-order valence-corrected chi connectivity index (χ0v) is 11.9. The van der Waals surface area contributed by atoms with Crippen molar-refractivity contribution >= 4 is 5.96 Å². The van der Waals surface area contributed by atoms with Gasteiger partial charge in [0.1, 0.15) is 0 Å². The molecule has 0 unspecified atom stereocenters. The van der Waals surface area contributed by atoms with Gasteiger partial charge in [-0.3, -0.25) is 4.99 Å². The lowest BCUT2D eigenvalue weighted by Crippen LogP contribution is -2.42. The lowest BCUT2D eigenvalue weighted by molar-refractivity contribution is 0.117. The summed E-state index contributed by atoms with van der Waals surface area (Å²) in [5, 5.41) is 6.70. The van der Waals surface area contributed by atoms with Crippen molar-refractivity contribution in [1.29, 1.82) is 0 Å². The van der Waals surface area contributed by atoms with Crippen molar-refractivity contribution < 1.29 is 4.74 Å². The molecule has 0 fully saturated rings. The molecule has 0 saturated heterocycles. The molecule has 0 amide bonds. The number of hydrogen-bond donors (Lipinski definition) is 2. The van der Waals surface area contributed by atoms with E-state index in [-0.39, 0.29) is 0 Å². The number of ether oxygens (including phenoxy) is 1. The van der Waals surface area contributed by atoms with Gasteiger partial charge >= 0.3 is 0 Å². The third kappa shape index (κ3) is 6.64. The molecule has 0 radical (unpaired) electrons. The topological polar surface area (TPSA) is 45.7 Å². The second-order valence-electron chi connectivity index (χ2n) is 5.01. The van der Waals surface area contributed by atoms with E-state index in [4.69, 9.17) is 4.74 Å². The van der Waals surface area contributed by atoms with E-state index in [1.165, 1.54) is 0 Å². The predicted molar refractivity (Wildman–Crippen MR) is 76.9 cm³/mol. The van der Waals surface area contributed by atoms with Gasteiger partial charge < -0.3 is 15.4 Å². The first-order valence-electron chi connectivity index (χ1n) is 7.00. The van der Waals surface area contributed by atoms with Crippen LogP contribution in [0.25, 0.3) is 0 Å². The Bertz CT molecular complexity index is 266. The highest BCUT2D eigenvalue weighted by Crippen LogP contribution is 2.08. The number of rotatable bonds is 7. The molecule has 0 aromatic heterocycles. The van der Waals surface area contributed by atoms with Crippen LogP contribution in [-0.2, 0) is 4.74 Å². The third-order valence-electron chi connectivity index (χ3n) is 2.65. The van der Waals surface area contributed by atoms with Crippen LogP contribution in [0.1, 0.15) is 33.6 Å². The summed E-state index contributed by atoms with van der Waals surface area (Å²) in [6.45, 7) is 9.49. The van der Waals surface area contributed by atoms with Gasteiger partial charge in [-0.1, -0.05) is 26.0 Å². The number of nitrogens with zero attached hydrogens (tertiary/aromatic N) is 1. The molecule has 0 spiro atoms. The highest BCUT2D eigenvalue weighted by Gasteiger charge is 2.11. The first-order chi connectivity index (χ1) is 8.72. The van der Waals surface area contributed by atoms with E-state index in [0.29, 0.717) is 25.1 Å². The quantitative estimate of drug-likeness (QED) is 0.315. The van der Waals surface area contributed by atoms with Crippen molar-refractivity contribution in [3.63, 3.8) is 0 Å². The minimum Gasteiger partial charge on any atom is -0.379 e. The largest absolute Gasteiger partial charge is 0.379 e. The van der Waals surface area contributed by atoms with E-state index in [0.717, 1.165) is 32.0 Å². The Labute approximate surface area is 111 Å². The molecule has 18 heavy (non-hydrogen) atoms. The van der Waals surface area contributed by atoms with Crippen molar-refractivity contribution in [1.82, 2.24) is 10.6 Å². The van der Waals surface area contributed by atoms with E-state index in [9.17, 15) is 0 Å². The van der Waals surface area contributed by atoms with E-state index < -0.39 is 0 Å². The highest BCUT2D eigenvalue weighted by atomic mass is 16.5. The van der Waals surface area contributed by atoms with E-state index in [1.54, 1.807) is 0 Å². The SMILES string of the molecule is CCNC(=NCCOCC(C)C)NC1CC=CC1. The Hall–Kier alpha value is -1.03. The molecule has 2 N–H and O–H groups in total.